The second-order valence-corrected chi connectivity index (χ2v) is 7.35. The molecule has 2 fully saturated rings. The Labute approximate surface area is 129 Å². The lowest BCUT2D eigenvalue weighted by Crippen LogP contribution is -2.56. The summed E-state index contributed by atoms with van der Waals surface area (Å²) in [5.41, 5.74) is 1.69. The number of carboxylic acids is 1. The van der Waals surface area contributed by atoms with E-state index in [9.17, 15) is 9.59 Å². The van der Waals surface area contributed by atoms with Gasteiger partial charge in [-0.05, 0) is 0 Å². The summed E-state index contributed by atoms with van der Waals surface area (Å²) in [6.45, 7) is 0.995. The van der Waals surface area contributed by atoms with Crippen LogP contribution in [0.2, 0.25) is 0 Å². The molecule has 0 bridgehead atoms. The van der Waals surface area contributed by atoms with E-state index in [2.05, 4.69) is 9.55 Å². The highest BCUT2D eigenvalue weighted by Gasteiger charge is 2.53. The van der Waals surface area contributed by atoms with Crippen molar-refractivity contribution in [2.75, 3.05) is 11.5 Å². The molecule has 0 aliphatic carbocycles. The average Bonchev–Trinajstić information content (AvgIpc) is 3.10. The third-order valence-electron chi connectivity index (χ3n) is 3.92. The van der Waals surface area contributed by atoms with Crippen LogP contribution in [0.15, 0.2) is 23.0 Å². The normalized spacial score (nSPS) is 28.7. The average molecular weight is 323 g/mol. The van der Waals surface area contributed by atoms with Crippen LogP contribution in [-0.4, -0.2) is 54.4 Å². The number of hydrogen-bond acceptors (Lipinski definition) is 5. The van der Waals surface area contributed by atoms with E-state index in [1.807, 2.05) is 12.3 Å². The van der Waals surface area contributed by atoms with E-state index in [0.29, 0.717) is 12.2 Å². The van der Waals surface area contributed by atoms with Crippen molar-refractivity contribution in [2.45, 2.75) is 29.5 Å². The van der Waals surface area contributed by atoms with Gasteiger partial charge in [0, 0.05) is 36.2 Å². The Hall–Kier alpha value is -1.41. The van der Waals surface area contributed by atoms with Crippen molar-refractivity contribution in [1.29, 1.82) is 0 Å². The Balaban J connectivity index is 1.48. The minimum atomic E-state index is -0.917. The van der Waals surface area contributed by atoms with E-state index in [1.54, 1.807) is 11.8 Å². The zero-order valence-electron chi connectivity index (χ0n) is 11.1. The molecule has 1 N–H and O–H groups in total. The number of rotatable bonds is 3. The van der Waals surface area contributed by atoms with Crippen molar-refractivity contribution in [3.8, 4) is 0 Å². The first-order valence-corrected chi connectivity index (χ1v) is 8.74. The number of aliphatic carboxylic acids is 1. The number of aromatic nitrogens is 2. The number of thioether (sulfide) groups is 2. The zero-order chi connectivity index (χ0) is 14.6. The van der Waals surface area contributed by atoms with Gasteiger partial charge in [0.1, 0.15) is 11.4 Å². The summed E-state index contributed by atoms with van der Waals surface area (Å²) >= 11 is 3.27. The molecule has 1 aromatic heterocycles. The SMILES string of the molecule is O=C(O)[C@H]1CS[C@@H]2/C(=C/Cc3cn4c(n3)SCC4)C(=O)N12. The Morgan fingerprint density at radius 3 is 3.19 bits per heavy atom. The highest BCUT2D eigenvalue weighted by atomic mass is 32.2. The number of fused-ring (bicyclic) bond motifs is 2. The number of amides is 1. The zero-order valence-corrected chi connectivity index (χ0v) is 12.7. The molecule has 1 amide bonds. The van der Waals surface area contributed by atoms with Gasteiger partial charge in [0.15, 0.2) is 5.16 Å². The topological polar surface area (TPSA) is 75.4 Å². The Bertz CT molecular complexity index is 648. The van der Waals surface area contributed by atoms with E-state index in [1.165, 1.54) is 16.7 Å². The van der Waals surface area contributed by atoms with Crippen LogP contribution in [-0.2, 0) is 22.6 Å². The Morgan fingerprint density at radius 2 is 2.43 bits per heavy atom. The maximum Gasteiger partial charge on any atom is 0.327 e. The van der Waals surface area contributed by atoms with Gasteiger partial charge in [-0.3, -0.25) is 4.79 Å². The molecule has 4 rings (SSSR count). The molecule has 2 atom stereocenters. The number of carbonyl (C=O) groups excluding carboxylic acids is 1. The van der Waals surface area contributed by atoms with Gasteiger partial charge in [0.25, 0.3) is 5.91 Å². The predicted octanol–water partition coefficient (Wildman–Crippen LogP) is 0.826. The van der Waals surface area contributed by atoms with Crippen LogP contribution in [0.25, 0.3) is 0 Å². The molecule has 1 aromatic rings. The summed E-state index contributed by atoms with van der Waals surface area (Å²) in [5, 5.41) is 10.0. The third kappa shape index (κ3) is 2.00. The van der Waals surface area contributed by atoms with Crippen molar-refractivity contribution in [3.05, 3.63) is 23.5 Å². The molecular formula is C13H13N3O3S2. The van der Waals surface area contributed by atoms with E-state index in [0.717, 1.165) is 28.7 Å². The fourth-order valence-electron chi connectivity index (χ4n) is 2.84. The fraction of sp³-hybridized carbons (Fsp3) is 0.462. The number of carboxylic acid groups (broad SMARTS) is 1. The van der Waals surface area contributed by atoms with E-state index in [-0.39, 0.29) is 11.3 Å². The monoisotopic (exact) mass is 323 g/mol. The molecular weight excluding hydrogens is 310 g/mol. The third-order valence-corrected chi connectivity index (χ3v) is 6.19. The number of allylic oxidation sites excluding steroid dienone is 1. The lowest BCUT2D eigenvalue weighted by molar-refractivity contribution is -0.150. The van der Waals surface area contributed by atoms with Crippen LogP contribution in [0.3, 0.4) is 0 Å². The fourth-order valence-corrected chi connectivity index (χ4v) is 5.25. The highest BCUT2D eigenvalue weighted by Crippen LogP contribution is 2.43. The van der Waals surface area contributed by atoms with Gasteiger partial charge < -0.3 is 14.6 Å². The summed E-state index contributed by atoms with van der Waals surface area (Å²) in [6, 6.07) is -0.669. The number of imidazole rings is 1. The summed E-state index contributed by atoms with van der Waals surface area (Å²) in [4.78, 5) is 29.1. The maximum absolute atomic E-state index is 12.1. The molecule has 6 nitrogen and oxygen atoms in total. The molecule has 0 spiro atoms. The van der Waals surface area contributed by atoms with Crippen molar-refractivity contribution < 1.29 is 14.7 Å². The molecule has 8 heteroatoms. The van der Waals surface area contributed by atoms with Crippen LogP contribution >= 0.6 is 23.5 Å². The molecule has 0 unspecified atom stereocenters. The number of aryl methyl sites for hydroxylation is 1. The smallest absolute Gasteiger partial charge is 0.327 e. The molecule has 0 saturated carbocycles. The van der Waals surface area contributed by atoms with E-state index in [4.69, 9.17) is 5.11 Å². The number of β-lactam (4-membered cyclic amide) rings is 1. The molecule has 0 radical (unpaired) electrons. The van der Waals surface area contributed by atoms with Gasteiger partial charge >= 0.3 is 5.97 Å². The summed E-state index contributed by atoms with van der Waals surface area (Å²) in [6.07, 6.45) is 4.57. The number of nitrogens with zero attached hydrogens (tertiary/aromatic N) is 3. The highest BCUT2D eigenvalue weighted by molar-refractivity contribution is 8.00. The van der Waals surface area contributed by atoms with Crippen molar-refractivity contribution in [1.82, 2.24) is 14.5 Å². The van der Waals surface area contributed by atoms with Crippen LogP contribution in [0, 0.1) is 0 Å². The maximum atomic E-state index is 12.1. The minimum absolute atomic E-state index is 0.0811. The van der Waals surface area contributed by atoms with Gasteiger partial charge in [-0.2, -0.15) is 0 Å². The second kappa shape index (κ2) is 4.81. The number of hydrogen-bond donors (Lipinski definition) is 1. The molecule has 3 aliphatic rings. The minimum Gasteiger partial charge on any atom is -0.480 e. The molecule has 110 valence electrons. The van der Waals surface area contributed by atoms with Gasteiger partial charge in [0.2, 0.25) is 0 Å². The van der Waals surface area contributed by atoms with Gasteiger partial charge in [-0.1, -0.05) is 17.8 Å². The van der Waals surface area contributed by atoms with Gasteiger partial charge in [-0.15, -0.1) is 11.8 Å². The van der Waals surface area contributed by atoms with Crippen molar-refractivity contribution >= 4 is 35.4 Å². The lowest BCUT2D eigenvalue weighted by Gasteiger charge is -2.38. The Morgan fingerprint density at radius 1 is 1.57 bits per heavy atom. The van der Waals surface area contributed by atoms with Crippen LogP contribution < -0.4 is 0 Å². The first-order chi connectivity index (χ1) is 10.1. The van der Waals surface area contributed by atoms with Gasteiger partial charge in [0.05, 0.1) is 5.69 Å². The van der Waals surface area contributed by atoms with Gasteiger partial charge in [-0.25, -0.2) is 9.78 Å². The molecule has 21 heavy (non-hydrogen) atoms. The second-order valence-electron chi connectivity index (χ2n) is 5.17. The first-order valence-electron chi connectivity index (χ1n) is 6.71. The molecule has 2 saturated heterocycles. The summed E-state index contributed by atoms with van der Waals surface area (Å²) < 4.78 is 2.14. The predicted molar refractivity (Wildman–Crippen MR) is 79.3 cm³/mol. The largest absolute Gasteiger partial charge is 0.480 e. The standard InChI is InChI=1S/C13H13N3O3S2/c17-10-8(11-16(10)9(6-21-11)12(18)19)2-1-7-5-15-3-4-20-13(15)14-7/h2,5,9,11H,1,3-4,6H2,(H,18,19)/b8-2+/t9-,11-/m1/s1. The quantitative estimate of drug-likeness (QED) is 0.656. The molecule has 3 aliphatic heterocycles. The summed E-state index contributed by atoms with van der Waals surface area (Å²) in [5.74, 6) is 0.490. The lowest BCUT2D eigenvalue weighted by atomic mass is 10.0. The van der Waals surface area contributed by atoms with E-state index < -0.39 is 12.0 Å². The van der Waals surface area contributed by atoms with Crippen molar-refractivity contribution in [3.63, 3.8) is 0 Å². The summed E-state index contributed by atoms with van der Waals surface area (Å²) in [7, 11) is 0. The molecule has 4 heterocycles. The van der Waals surface area contributed by atoms with Crippen LogP contribution in [0.4, 0.5) is 0 Å². The van der Waals surface area contributed by atoms with Crippen LogP contribution in [0.5, 0.6) is 0 Å². The van der Waals surface area contributed by atoms with Crippen LogP contribution in [0.1, 0.15) is 5.69 Å². The number of carbonyl (C=O) groups is 2. The Kier molecular flexibility index (Phi) is 3.04. The first kappa shape index (κ1) is 13.3. The molecule has 0 aromatic carbocycles. The van der Waals surface area contributed by atoms with Crippen molar-refractivity contribution in [2.24, 2.45) is 0 Å². The van der Waals surface area contributed by atoms with E-state index >= 15 is 0 Å².